The zero-order valence-corrected chi connectivity index (χ0v) is 9.31. The quantitative estimate of drug-likeness (QED) is 0.545. The first-order chi connectivity index (χ1) is 6.35. The second-order valence-electron chi connectivity index (χ2n) is 3.10. The third-order valence-corrected chi connectivity index (χ3v) is 2.16. The van der Waals surface area contributed by atoms with E-state index in [1.807, 2.05) is 7.05 Å². The second kappa shape index (κ2) is 9.96. The van der Waals surface area contributed by atoms with Crippen LogP contribution in [-0.4, -0.2) is 51.3 Å². The molecule has 0 aromatic heterocycles. The summed E-state index contributed by atoms with van der Waals surface area (Å²) in [6.45, 7) is 10.5. The SMILES string of the molecule is CCN(CC)CCOCCCNC. The molecule has 3 heteroatoms. The Hall–Kier alpha value is -0.120. The molecule has 0 fully saturated rings. The van der Waals surface area contributed by atoms with Crippen LogP contribution in [0.5, 0.6) is 0 Å². The molecule has 0 heterocycles. The van der Waals surface area contributed by atoms with E-state index >= 15 is 0 Å². The molecule has 0 saturated heterocycles. The Balaban J connectivity index is 3.05. The van der Waals surface area contributed by atoms with E-state index in [1.54, 1.807) is 0 Å². The van der Waals surface area contributed by atoms with Crippen molar-refractivity contribution >= 4 is 0 Å². The van der Waals surface area contributed by atoms with E-state index in [0.717, 1.165) is 45.8 Å². The minimum Gasteiger partial charge on any atom is -0.380 e. The first-order valence-corrected chi connectivity index (χ1v) is 5.29. The maximum absolute atomic E-state index is 5.49. The van der Waals surface area contributed by atoms with Crippen LogP contribution >= 0.6 is 0 Å². The second-order valence-corrected chi connectivity index (χ2v) is 3.10. The molecule has 0 bridgehead atoms. The van der Waals surface area contributed by atoms with Gasteiger partial charge in [-0.3, -0.25) is 0 Å². The van der Waals surface area contributed by atoms with Crippen LogP contribution < -0.4 is 5.32 Å². The molecule has 0 spiro atoms. The molecule has 0 radical (unpaired) electrons. The maximum Gasteiger partial charge on any atom is 0.0593 e. The highest BCUT2D eigenvalue weighted by Gasteiger charge is 1.97. The fraction of sp³-hybridized carbons (Fsp3) is 1.00. The lowest BCUT2D eigenvalue weighted by Crippen LogP contribution is -2.27. The Kier molecular flexibility index (Phi) is 9.87. The fourth-order valence-electron chi connectivity index (χ4n) is 1.19. The third kappa shape index (κ3) is 8.22. The van der Waals surface area contributed by atoms with Gasteiger partial charge in [0.2, 0.25) is 0 Å². The molecule has 1 N–H and O–H groups in total. The van der Waals surface area contributed by atoms with Crippen LogP contribution in [0.2, 0.25) is 0 Å². The van der Waals surface area contributed by atoms with Gasteiger partial charge < -0.3 is 15.0 Å². The van der Waals surface area contributed by atoms with Crippen molar-refractivity contribution in [2.75, 3.05) is 46.4 Å². The average molecular weight is 188 g/mol. The number of likely N-dealkylation sites (N-methyl/N-ethyl adjacent to an activating group) is 1. The van der Waals surface area contributed by atoms with E-state index in [9.17, 15) is 0 Å². The molecule has 0 rings (SSSR count). The van der Waals surface area contributed by atoms with Crippen LogP contribution in [0.1, 0.15) is 20.3 Å². The van der Waals surface area contributed by atoms with Crippen LogP contribution in [-0.2, 0) is 4.74 Å². The lowest BCUT2D eigenvalue weighted by atomic mass is 10.4. The Bertz CT molecular complexity index is 94.9. The minimum atomic E-state index is 0.866. The summed E-state index contributed by atoms with van der Waals surface area (Å²) in [7, 11) is 1.97. The molecule has 13 heavy (non-hydrogen) atoms. The molecule has 0 aliphatic rings. The topological polar surface area (TPSA) is 24.5 Å². The number of ether oxygens (including phenoxy) is 1. The molecule has 0 atom stereocenters. The van der Waals surface area contributed by atoms with Gasteiger partial charge >= 0.3 is 0 Å². The van der Waals surface area contributed by atoms with Gasteiger partial charge in [0.15, 0.2) is 0 Å². The van der Waals surface area contributed by atoms with Crippen molar-refractivity contribution in [3.05, 3.63) is 0 Å². The summed E-state index contributed by atoms with van der Waals surface area (Å²) in [6, 6.07) is 0. The number of nitrogens with zero attached hydrogens (tertiary/aromatic N) is 1. The molecule has 0 unspecified atom stereocenters. The molecule has 0 aromatic carbocycles. The Morgan fingerprint density at radius 2 is 1.85 bits per heavy atom. The van der Waals surface area contributed by atoms with Crippen LogP contribution in [0, 0.1) is 0 Å². The number of hydrogen-bond acceptors (Lipinski definition) is 3. The van der Waals surface area contributed by atoms with E-state index in [0.29, 0.717) is 0 Å². The van der Waals surface area contributed by atoms with E-state index < -0.39 is 0 Å². The van der Waals surface area contributed by atoms with Crippen LogP contribution in [0.3, 0.4) is 0 Å². The van der Waals surface area contributed by atoms with E-state index in [2.05, 4.69) is 24.1 Å². The fourth-order valence-corrected chi connectivity index (χ4v) is 1.19. The standard InChI is InChI=1S/C10H24N2O/c1-4-12(5-2)8-10-13-9-6-7-11-3/h11H,4-10H2,1-3H3. The van der Waals surface area contributed by atoms with Gasteiger partial charge in [0.05, 0.1) is 6.61 Å². The summed E-state index contributed by atoms with van der Waals surface area (Å²) in [5, 5.41) is 3.10. The van der Waals surface area contributed by atoms with Gasteiger partial charge in [0.25, 0.3) is 0 Å². The normalized spacial score (nSPS) is 11.1. The first kappa shape index (κ1) is 12.9. The Morgan fingerprint density at radius 3 is 2.38 bits per heavy atom. The van der Waals surface area contributed by atoms with Gasteiger partial charge in [-0.15, -0.1) is 0 Å². The molecule has 0 amide bonds. The highest BCUT2D eigenvalue weighted by molar-refractivity contribution is 4.50. The molecular weight excluding hydrogens is 164 g/mol. The zero-order chi connectivity index (χ0) is 9.94. The summed E-state index contributed by atoms with van der Waals surface area (Å²) in [4.78, 5) is 2.37. The average Bonchev–Trinajstić information content (AvgIpc) is 2.17. The molecule has 3 nitrogen and oxygen atoms in total. The van der Waals surface area contributed by atoms with Crippen LogP contribution in [0.25, 0.3) is 0 Å². The molecule has 0 saturated carbocycles. The van der Waals surface area contributed by atoms with Crippen molar-refractivity contribution < 1.29 is 4.74 Å². The number of rotatable bonds is 9. The lowest BCUT2D eigenvalue weighted by molar-refractivity contribution is 0.105. The first-order valence-electron chi connectivity index (χ1n) is 5.29. The van der Waals surface area contributed by atoms with Gasteiger partial charge in [-0.25, -0.2) is 0 Å². The van der Waals surface area contributed by atoms with Gasteiger partial charge in [0, 0.05) is 13.2 Å². The van der Waals surface area contributed by atoms with Gasteiger partial charge in [-0.1, -0.05) is 13.8 Å². The van der Waals surface area contributed by atoms with Gasteiger partial charge in [-0.2, -0.15) is 0 Å². The number of nitrogens with one attached hydrogen (secondary N) is 1. The van der Waals surface area contributed by atoms with Crippen molar-refractivity contribution in [3.63, 3.8) is 0 Å². The number of hydrogen-bond donors (Lipinski definition) is 1. The Morgan fingerprint density at radius 1 is 1.15 bits per heavy atom. The predicted octanol–water partition coefficient (Wildman–Crippen LogP) is 0.954. The lowest BCUT2D eigenvalue weighted by Gasteiger charge is -2.17. The molecular formula is C10H24N2O. The van der Waals surface area contributed by atoms with Crippen molar-refractivity contribution in [3.8, 4) is 0 Å². The van der Waals surface area contributed by atoms with E-state index in [-0.39, 0.29) is 0 Å². The van der Waals surface area contributed by atoms with Gasteiger partial charge in [0.1, 0.15) is 0 Å². The zero-order valence-electron chi connectivity index (χ0n) is 9.31. The smallest absolute Gasteiger partial charge is 0.0593 e. The predicted molar refractivity (Wildman–Crippen MR) is 57.2 cm³/mol. The van der Waals surface area contributed by atoms with Crippen LogP contribution in [0.15, 0.2) is 0 Å². The minimum absolute atomic E-state index is 0.866. The van der Waals surface area contributed by atoms with E-state index in [4.69, 9.17) is 4.74 Å². The van der Waals surface area contributed by atoms with Gasteiger partial charge in [-0.05, 0) is 33.1 Å². The van der Waals surface area contributed by atoms with Crippen molar-refractivity contribution in [1.82, 2.24) is 10.2 Å². The maximum atomic E-state index is 5.49. The summed E-state index contributed by atoms with van der Waals surface area (Å²) in [6.07, 6.45) is 1.11. The van der Waals surface area contributed by atoms with Crippen molar-refractivity contribution in [2.45, 2.75) is 20.3 Å². The Labute approximate surface area is 82.4 Å². The molecule has 0 aliphatic carbocycles. The van der Waals surface area contributed by atoms with E-state index in [1.165, 1.54) is 0 Å². The molecule has 0 aromatic rings. The highest BCUT2D eigenvalue weighted by Crippen LogP contribution is 1.87. The summed E-state index contributed by atoms with van der Waals surface area (Å²) >= 11 is 0. The molecule has 0 aliphatic heterocycles. The van der Waals surface area contributed by atoms with Crippen molar-refractivity contribution in [1.29, 1.82) is 0 Å². The monoisotopic (exact) mass is 188 g/mol. The largest absolute Gasteiger partial charge is 0.380 e. The van der Waals surface area contributed by atoms with Crippen molar-refractivity contribution in [2.24, 2.45) is 0 Å². The third-order valence-electron chi connectivity index (χ3n) is 2.16. The highest BCUT2D eigenvalue weighted by atomic mass is 16.5. The summed E-state index contributed by atoms with van der Waals surface area (Å²) in [5.74, 6) is 0. The van der Waals surface area contributed by atoms with Crippen LogP contribution in [0.4, 0.5) is 0 Å². The summed E-state index contributed by atoms with van der Waals surface area (Å²) < 4.78 is 5.49. The summed E-state index contributed by atoms with van der Waals surface area (Å²) in [5.41, 5.74) is 0. The molecule has 80 valence electrons.